The van der Waals surface area contributed by atoms with E-state index in [2.05, 4.69) is 20.4 Å². The molecular formula is C22H20FN5OS. The highest BCUT2D eigenvalue weighted by Crippen LogP contribution is 2.24. The molecule has 0 saturated heterocycles. The molecular weight excluding hydrogens is 401 g/mol. The highest BCUT2D eigenvalue weighted by Gasteiger charge is 2.19. The van der Waals surface area contributed by atoms with Gasteiger partial charge in [0, 0.05) is 17.8 Å². The minimum atomic E-state index is -0.320. The Kier molecular flexibility index (Phi) is 5.76. The summed E-state index contributed by atoms with van der Waals surface area (Å²) >= 11 is 1.56. The van der Waals surface area contributed by atoms with Gasteiger partial charge < -0.3 is 5.32 Å². The van der Waals surface area contributed by atoms with E-state index in [0.717, 1.165) is 17.0 Å². The van der Waals surface area contributed by atoms with Crippen molar-refractivity contribution in [3.63, 3.8) is 0 Å². The van der Waals surface area contributed by atoms with Crippen molar-refractivity contribution < 1.29 is 9.18 Å². The van der Waals surface area contributed by atoms with Gasteiger partial charge in [-0.15, -0.1) is 11.8 Å². The smallest absolute Gasteiger partial charge is 0.254 e. The lowest BCUT2D eigenvalue weighted by Gasteiger charge is -2.18. The van der Waals surface area contributed by atoms with Gasteiger partial charge in [0.1, 0.15) is 5.82 Å². The number of nitrogens with one attached hydrogen (secondary N) is 1. The molecule has 0 radical (unpaired) electrons. The van der Waals surface area contributed by atoms with Crippen molar-refractivity contribution in [1.82, 2.24) is 25.1 Å². The summed E-state index contributed by atoms with van der Waals surface area (Å²) in [6.45, 7) is 2.02. The fraction of sp³-hybridized carbons (Fsp3) is 0.182. The maximum Gasteiger partial charge on any atom is 0.254 e. The number of rotatable bonds is 6. The third-order valence-corrected chi connectivity index (χ3v) is 5.54. The average Bonchev–Trinajstić information content (AvgIpc) is 3.22. The Labute approximate surface area is 177 Å². The first-order chi connectivity index (χ1) is 14.6. The van der Waals surface area contributed by atoms with Crippen molar-refractivity contribution in [3.8, 4) is 5.69 Å². The molecule has 4 rings (SSSR count). The molecule has 1 N–H and O–H groups in total. The molecule has 6 nitrogen and oxygen atoms in total. The van der Waals surface area contributed by atoms with Crippen LogP contribution in [-0.4, -0.2) is 31.9 Å². The Bertz CT molecular complexity index is 1190. The molecule has 0 saturated carbocycles. The van der Waals surface area contributed by atoms with Crippen LogP contribution in [0.2, 0.25) is 0 Å². The molecule has 3 aromatic heterocycles. The molecule has 0 aliphatic rings. The van der Waals surface area contributed by atoms with Crippen molar-refractivity contribution >= 4 is 28.6 Å². The van der Waals surface area contributed by atoms with Gasteiger partial charge in [0.25, 0.3) is 5.91 Å². The Hall–Kier alpha value is -3.26. The maximum atomic E-state index is 13.3. The molecule has 0 aliphatic carbocycles. The molecule has 0 bridgehead atoms. The van der Waals surface area contributed by atoms with E-state index in [1.807, 2.05) is 25.3 Å². The molecule has 1 atom stereocenters. The highest BCUT2D eigenvalue weighted by atomic mass is 32.2. The molecule has 4 aromatic rings. The fourth-order valence-corrected chi connectivity index (χ4v) is 3.74. The first-order valence-corrected chi connectivity index (χ1v) is 10.7. The maximum absolute atomic E-state index is 13.3. The van der Waals surface area contributed by atoms with E-state index in [0.29, 0.717) is 22.2 Å². The molecule has 1 aromatic carbocycles. The Morgan fingerprint density at radius 1 is 1.20 bits per heavy atom. The summed E-state index contributed by atoms with van der Waals surface area (Å²) in [4.78, 5) is 21.6. The number of carbonyl (C=O) groups excluding carboxylic acids is 1. The van der Waals surface area contributed by atoms with Crippen molar-refractivity contribution in [1.29, 1.82) is 0 Å². The van der Waals surface area contributed by atoms with Crippen LogP contribution in [0.25, 0.3) is 16.6 Å². The predicted octanol–water partition coefficient (Wildman–Crippen LogP) is 4.56. The molecule has 8 heteroatoms. The van der Waals surface area contributed by atoms with Crippen LogP contribution in [0.5, 0.6) is 0 Å². The average molecular weight is 422 g/mol. The number of amides is 1. The first kappa shape index (κ1) is 20.0. The SMILES string of the molecule is CCC(NC(=O)c1cncc2c1cnn2-c1ccc(F)cc1)c1ccnc(SC)c1. The second-order valence-electron chi connectivity index (χ2n) is 6.72. The van der Waals surface area contributed by atoms with Crippen LogP contribution in [0.15, 0.2) is 66.2 Å². The van der Waals surface area contributed by atoms with Crippen molar-refractivity contribution in [2.75, 3.05) is 6.26 Å². The summed E-state index contributed by atoms with van der Waals surface area (Å²) in [5.74, 6) is -0.541. The molecule has 152 valence electrons. The van der Waals surface area contributed by atoms with Gasteiger partial charge in [0.05, 0.1) is 40.2 Å². The van der Waals surface area contributed by atoms with Gasteiger partial charge in [0.2, 0.25) is 0 Å². The summed E-state index contributed by atoms with van der Waals surface area (Å²) < 4.78 is 14.9. The number of thioether (sulfide) groups is 1. The van der Waals surface area contributed by atoms with Gasteiger partial charge in [-0.3, -0.25) is 9.78 Å². The van der Waals surface area contributed by atoms with Crippen LogP contribution in [0, 0.1) is 5.82 Å². The van der Waals surface area contributed by atoms with Crippen LogP contribution in [0.3, 0.4) is 0 Å². The van der Waals surface area contributed by atoms with Crippen molar-refractivity contribution in [2.24, 2.45) is 0 Å². The molecule has 0 fully saturated rings. The van der Waals surface area contributed by atoms with Gasteiger partial charge in [-0.25, -0.2) is 14.1 Å². The number of pyridine rings is 2. The zero-order chi connectivity index (χ0) is 21.1. The van der Waals surface area contributed by atoms with E-state index in [1.54, 1.807) is 53.4 Å². The van der Waals surface area contributed by atoms with E-state index in [-0.39, 0.29) is 17.8 Å². The molecule has 0 spiro atoms. The largest absolute Gasteiger partial charge is 0.345 e. The zero-order valence-electron chi connectivity index (χ0n) is 16.5. The minimum absolute atomic E-state index is 0.145. The van der Waals surface area contributed by atoms with Crippen LogP contribution in [-0.2, 0) is 0 Å². The number of hydrogen-bond acceptors (Lipinski definition) is 5. The lowest BCUT2D eigenvalue weighted by atomic mass is 10.1. The Morgan fingerprint density at radius 3 is 2.73 bits per heavy atom. The van der Waals surface area contributed by atoms with E-state index in [9.17, 15) is 9.18 Å². The molecule has 1 unspecified atom stereocenters. The molecule has 3 heterocycles. The van der Waals surface area contributed by atoms with Gasteiger partial charge in [-0.2, -0.15) is 5.10 Å². The van der Waals surface area contributed by atoms with Crippen LogP contribution < -0.4 is 5.32 Å². The first-order valence-electron chi connectivity index (χ1n) is 9.49. The predicted molar refractivity (Wildman–Crippen MR) is 115 cm³/mol. The number of halogens is 1. The number of nitrogens with zero attached hydrogens (tertiary/aromatic N) is 4. The lowest BCUT2D eigenvalue weighted by molar-refractivity contribution is 0.0937. The van der Waals surface area contributed by atoms with Crippen LogP contribution in [0.4, 0.5) is 4.39 Å². The van der Waals surface area contributed by atoms with E-state index in [4.69, 9.17) is 0 Å². The topological polar surface area (TPSA) is 72.7 Å². The van der Waals surface area contributed by atoms with Crippen LogP contribution >= 0.6 is 11.8 Å². The highest BCUT2D eigenvalue weighted by molar-refractivity contribution is 7.98. The van der Waals surface area contributed by atoms with E-state index in [1.165, 1.54) is 12.1 Å². The summed E-state index contributed by atoms with van der Waals surface area (Å²) in [5.41, 5.74) is 2.82. The summed E-state index contributed by atoms with van der Waals surface area (Å²) in [7, 11) is 0. The Morgan fingerprint density at radius 2 is 2.00 bits per heavy atom. The lowest BCUT2D eigenvalue weighted by Crippen LogP contribution is -2.28. The summed E-state index contributed by atoms with van der Waals surface area (Å²) in [6.07, 6.45) is 9.28. The van der Waals surface area contributed by atoms with E-state index >= 15 is 0 Å². The molecule has 30 heavy (non-hydrogen) atoms. The fourth-order valence-electron chi connectivity index (χ4n) is 3.32. The number of fused-ring (bicyclic) bond motifs is 1. The van der Waals surface area contributed by atoms with Gasteiger partial charge >= 0.3 is 0 Å². The number of carbonyl (C=O) groups is 1. The summed E-state index contributed by atoms with van der Waals surface area (Å²) in [6, 6.07) is 9.77. The quantitative estimate of drug-likeness (QED) is 0.462. The normalized spacial score (nSPS) is 12.1. The van der Waals surface area contributed by atoms with Crippen molar-refractivity contribution in [3.05, 3.63) is 78.1 Å². The summed E-state index contributed by atoms with van der Waals surface area (Å²) in [5, 5.41) is 9.07. The van der Waals surface area contributed by atoms with Gasteiger partial charge in [0.15, 0.2) is 0 Å². The third kappa shape index (κ3) is 3.91. The third-order valence-electron chi connectivity index (χ3n) is 4.90. The van der Waals surface area contributed by atoms with E-state index < -0.39 is 0 Å². The number of benzene rings is 1. The molecule has 1 amide bonds. The second-order valence-corrected chi connectivity index (χ2v) is 7.55. The van der Waals surface area contributed by atoms with Crippen molar-refractivity contribution in [2.45, 2.75) is 24.4 Å². The second kappa shape index (κ2) is 8.62. The van der Waals surface area contributed by atoms with Gasteiger partial charge in [-0.05, 0) is 54.6 Å². The number of aromatic nitrogens is 4. The molecule has 0 aliphatic heterocycles. The van der Waals surface area contributed by atoms with Crippen LogP contribution in [0.1, 0.15) is 35.3 Å². The Balaban J connectivity index is 1.65. The zero-order valence-corrected chi connectivity index (χ0v) is 17.4. The number of hydrogen-bond donors (Lipinski definition) is 1. The minimum Gasteiger partial charge on any atom is -0.345 e. The monoisotopic (exact) mass is 421 g/mol. The standard InChI is InChI=1S/C22H20FN5OS/c1-3-19(14-8-9-25-21(10-14)30-2)27-22(29)18-11-24-13-20-17(18)12-26-28(20)16-6-4-15(23)5-7-16/h4-13,19H,3H2,1-2H3,(H,27,29). The van der Waals surface area contributed by atoms with Gasteiger partial charge in [-0.1, -0.05) is 6.92 Å².